The molecule has 4 nitrogen and oxygen atoms in total. The summed E-state index contributed by atoms with van der Waals surface area (Å²) in [7, 11) is 0. The van der Waals surface area contributed by atoms with Crippen LogP contribution in [0.15, 0.2) is 0 Å². The number of nitrogens with zero attached hydrogens (tertiary/aromatic N) is 1. The van der Waals surface area contributed by atoms with Crippen molar-refractivity contribution in [3.8, 4) is 0 Å². The van der Waals surface area contributed by atoms with Crippen LogP contribution >= 0.6 is 0 Å². The van der Waals surface area contributed by atoms with Crippen LogP contribution < -0.4 is 5.32 Å². The molecule has 1 atom stereocenters. The van der Waals surface area contributed by atoms with Crippen molar-refractivity contribution in [2.45, 2.75) is 65.5 Å². The van der Waals surface area contributed by atoms with Gasteiger partial charge in [0.25, 0.3) is 0 Å². The van der Waals surface area contributed by atoms with Crippen LogP contribution in [0.2, 0.25) is 0 Å². The fraction of sp³-hybridized carbons (Fsp3) is 1.00. The number of piperidine rings is 1. The van der Waals surface area contributed by atoms with Gasteiger partial charge in [-0.25, -0.2) is 0 Å². The molecule has 0 aromatic heterocycles. The van der Waals surface area contributed by atoms with E-state index in [1.807, 2.05) is 0 Å². The molecule has 4 heteroatoms. The lowest BCUT2D eigenvalue weighted by atomic mass is 9.84. The first-order valence-electron chi connectivity index (χ1n) is 8.67. The molecule has 0 radical (unpaired) electrons. The van der Waals surface area contributed by atoms with Gasteiger partial charge in [-0.3, -0.25) is 0 Å². The predicted octanol–water partition coefficient (Wildman–Crippen LogP) is 2.26. The molecule has 0 amide bonds. The van der Waals surface area contributed by atoms with Gasteiger partial charge < -0.3 is 20.1 Å². The monoisotopic (exact) mass is 300 g/mol. The zero-order valence-corrected chi connectivity index (χ0v) is 14.5. The molecule has 0 spiro atoms. The number of hydrogen-bond acceptors (Lipinski definition) is 4. The fourth-order valence-electron chi connectivity index (χ4n) is 3.27. The van der Waals surface area contributed by atoms with Gasteiger partial charge >= 0.3 is 0 Å². The van der Waals surface area contributed by atoms with Crippen molar-refractivity contribution in [3.63, 3.8) is 0 Å². The number of aliphatic hydroxyl groups excluding tert-OH is 1. The summed E-state index contributed by atoms with van der Waals surface area (Å²) in [5.74, 6) is 0. The number of rotatable bonds is 10. The Kier molecular flexibility index (Phi) is 8.79. The highest BCUT2D eigenvalue weighted by Gasteiger charge is 2.29. The molecule has 1 fully saturated rings. The third-order valence-corrected chi connectivity index (χ3v) is 4.38. The summed E-state index contributed by atoms with van der Waals surface area (Å²) < 4.78 is 5.65. The SMILES string of the molecule is CCCC(C)(CNC(C)C)CN1CCC(OCCO)CC1. The van der Waals surface area contributed by atoms with Gasteiger partial charge in [-0.05, 0) is 24.7 Å². The van der Waals surface area contributed by atoms with E-state index in [2.05, 4.69) is 37.9 Å². The Morgan fingerprint density at radius 1 is 1.33 bits per heavy atom. The van der Waals surface area contributed by atoms with Gasteiger partial charge in [-0.1, -0.05) is 34.1 Å². The minimum Gasteiger partial charge on any atom is -0.394 e. The van der Waals surface area contributed by atoms with Crippen LogP contribution in [0.5, 0.6) is 0 Å². The van der Waals surface area contributed by atoms with Crippen LogP contribution in [0.25, 0.3) is 0 Å². The van der Waals surface area contributed by atoms with Gasteiger partial charge in [0.15, 0.2) is 0 Å². The largest absolute Gasteiger partial charge is 0.394 e. The van der Waals surface area contributed by atoms with E-state index < -0.39 is 0 Å². The molecule has 2 N–H and O–H groups in total. The maximum absolute atomic E-state index is 8.82. The van der Waals surface area contributed by atoms with Crippen LogP contribution in [0, 0.1) is 5.41 Å². The molecule has 21 heavy (non-hydrogen) atoms. The molecule has 0 bridgehead atoms. The Balaban J connectivity index is 2.38. The summed E-state index contributed by atoms with van der Waals surface area (Å²) in [5.41, 5.74) is 0.359. The summed E-state index contributed by atoms with van der Waals surface area (Å²) >= 11 is 0. The van der Waals surface area contributed by atoms with E-state index in [0.29, 0.717) is 24.2 Å². The maximum atomic E-state index is 8.82. The average Bonchev–Trinajstić information content (AvgIpc) is 2.45. The molecule has 0 aromatic carbocycles. The number of likely N-dealkylation sites (tertiary alicyclic amines) is 1. The summed E-state index contributed by atoms with van der Waals surface area (Å²) in [6, 6.07) is 0.554. The molecule has 1 rings (SSSR count). The summed E-state index contributed by atoms with van der Waals surface area (Å²) in [5, 5.41) is 12.4. The highest BCUT2D eigenvalue weighted by molar-refractivity contribution is 4.84. The van der Waals surface area contributed by atoms with Crippen LogP contribution in [0.1, 0.15) is 53.4 Å². The molecule has 0 aliphatic carbocycles. The molecule has 0 saturated carbocycles. The lowest BCUT2D eigenvalue weighted by Gasteiger charge is -2.39. The fourth-order valence-corrected chi connectivity index (χ4v) is 3.27. The average molecular weight is 300 g/mol. The summed E-state index contributed by atoms with van der Waals surface area (Å²) in [4.78, 5) is 2.59. The molecule has 0 aromatic rings. The van der Waals surface area contributed by atoms with E-state index >= 15 is 0 Å². The van der Waals surface area contributed by atoms with E-state index in [-0.39, 0.29) is 6.61 Å². The third-order valence-electron chi connectivity index (χ3n) is 4.38. The molecule has 1 aliphatic heterocycles. The van der Waals surface area contributed by atoms with Crippen LogP contribution in [-0.2, 0) is 4.74 Å². The topological polar surface area (TPSA) is 44.7 Å². The molecule has 1 aliphatic rings. The number of hydrogen-bond donors (Lipinski definition) is 2. The van der Waals surface area contributed by atoms with Gasteiger partial charge in [0, 0.05) is 32.2 Å². The minimum atomic E-state index is 0.135. The Bertz CT molecular complexity index is 266. The Morgan fingerprint density at radius 2 is 2.00 bits per heavy atom. The number of ether oxygens (including phenoxy) is 1. The van der Waals surface area contributed by atoms with Crippen molar-refractivity contribution in [1.82, 2.24) is 10.2 Å². The zero-order valence-electron chi connectivity index (χ0n) is 14.5. The van der Waals surface area contributed by atoms with Crippen LogP contribution in [-0.4, -0.2) is 61.5 Å². The zero-order chi connectivity index (χ0) is 15.7. The standard InChI is InChI=1S/C17H36N2O2/c1-5-8-17(4,13-18-15(2)3)14-19-9-6-16(7-10-19)21-12-11-20/h15-16,18,20H,5-14H2,1-4H3. The lowest BCUT2D eigenvalue weighted by molar-refractivity contribution is -0.0145. The smallest absolute Gasteiger partial charge is 0.0701 e. The van der Waals surface area contributed by atoms with E-state index in [4.69, 9.17) is 9.84 Å². The van der Waals surface area contributed by atoms with Crippen LogP contribution in [0.4, 0.5) is 0 Å². The number of aliphatic hydroxyl groups is 1. The van der Waals surface area contributed by atoms with E-state index in [1.165, 1.54) is 19.4 Å². The first-order chi connectivity index (χ1) is 9.99. The molecule has 1 saturated heterocycles. The molecule has 1 unspecified atom stereocenters. The number of nitrogens with one attached hydrogen (secondary N) is 1. The first-order valence-corrected chi connectivity index (χ1v) is 8.67. The Morgan fingerprint density at radius 3 is 2.52 bits per heavy atom. The molecule has 126 valence electrons. The Labute approximate surface area is 131 Å². The second kappa shape index (κ2) is 9.78. The normalized spacial score (nSPS) is 20.9. The third kappa shape index (κ3) is 7.59. The van der Waals surface area contributed by atoms with Crippen molar-refractivity contribution >= 4 is 0 Å². The Hall–Kier alpha value is -0.160. The molecular weight excluding hydrogens is 264 g/mol. The maximum Gasteiger partial charge on any atom is 0.0701 e. The van der Waals surface area contributed by atoms with Crippen molar-refractivity contribution in [2.75, 3.05) is 39.4 Å². The quantitative estimate of drug-likeness (QED) is 0.649. The summed E-state index contributed by atoms with van der Waals surface area (Å²) in [6.45, 7) is 14.3. The minimum absolute atomic E-state index is 0.135. The van der Waals surface area contributed by atoms with Gasteiger partial charge in [-0.15, -0.1) is 0 Å². The van der Waals surface area contributed by atoms with Crippen molar-refractivity contribution in [2.24, 2.45) is 5.41 Å². The van der Waals surface area contributed by atoms with E-state index in [9.17, 15) is 0 Å². The van der Waals surface area contributed by atoms with Crippen molar-refractivity contribution in [1.29, 1.82) is 0 Å². The van der Waals surface area contributed by atoms with Gasteiger partial charge in [0.1, 0.15) is 0 Å². The summed E-state index contributed by atoms with van der Waals surface area (Å²) in [6.07, 6.45) is 5.05. The highest BCUT2D eigenvalue weighted by atomic mass is 16.5. The molecule has 1 heterocycles. The van der Waals surface area contributed by atoms with Crippen molar-refractivity contribution < 1.29 is 9.84 Å². The lowest BCUT2D eigenvalue weighted by Crippen LogP contribution is -2.47. The first kappa shape index (κ1) is 18.9. The van der Waals surface area contributed by atoms with Crippen LogP contribution in [0.3, 0.4) is 0 Å². The van der Waals surface area contributed by atoms with E-state index in [0.717, 1.165) is 32.5 Å². The highest BCUT2D eigenvalue weighted by Crippen LogP contribution is 2.26. The van der Waals surface area contributed by atoms with Gasteiger partial charge in [-0.2, -0.15) is 0 Å². The predicted molar refractivity (Wildman–Crippen MR) is 88.7 cm³/mol. The van der Waals surface area contributed by atoms with Gasteiger partial charge in [0.05, 0.1) is 19.3 Å². The molecular formula is C17H36N2O2. The second-order valence-electron chi connectivity index (χ2n) is 7.17. The second-order valence-corrected chi connectivity index (χ2v) is 7.17. The van der Waals surface area contributed by atoms with Gasteiger partial charge in [0.2, 0.25) is 0 Å². The van der Waals surface area contributed by atoms with Crippen molar-refractivity contribution in [3.05, 3.63) is 0 Å². The van der Waals surface area contributed by atoms with E-state index in [1.54, 1.807) is 0 Å².